The lowest BCUT2D eigenvalue weighted by molar-refractivity contribution is 0.660. The van der Waals surface area contributed by atoms with Crippen LogP contribution in [0.4, 0.5) is 0 Å². The summed E-state index contributed by atoms with van der Waals surface area (Å²) in [5.41, 5.74) is 32.2. The van der Waals surface area contributed by atoms with Crippen LogP contribution in [0, 0.1) is 0 Å². The number of hydrogen-bond donors (Lipinski definition) is 0. The van der Waals surface area contributed by atoms with Crippen molar-refractivity contribution >= 4 is 112 Å². The molecule has 2 aliphatic heterocycles. The van der Waals surface area contributed by atoms with Gasteiger partial charge >= 0.3 is 0 Å². The fourth-order valence-electron chi connectivity index (χ4n) is 22.2. The van der Waals surface area contributed by atoms with E-state index in [1.165, 1.54) is 225 Å². The zero-order chi connectivity index (χ0) is 78.3. The van der Waals surface area contributed by atoms with E-state index in [9.17, 15) is 0 Å². The van der Waals surface area contributed by atoms with Crippen molar-refractivity contribution in [3.05, 3.63) is 428 Å². The first-order chi connectivity index (χ1) is 58.0. The molecule has 20 aromatic carbocycles. The van der Waals surface area contributed by atoms with E-state index in [0.717, 1.165) is 0 Å². The Bertz CT molecular complexity index is 7840. The van der Waals surface area contributed by atoms with E-state index >= 15 is 0 Å². The van der Waals surface area contributed by atoms with E-state index in [0.29, 0.717) is 0 Å². The smallest absolute Gasteiger partial charge is 0.0772 e. The molecule has 0 amide bonds. The molecule has 0 bridgehead atoms. The molecule has 2 aliphatic carbocycles. The number of rotatable bonds is 7. The molecule has 21 aromatic rings. The molecule has 0 saturated heterocycles. The highest BCUT2D eigenvalue weighted by molar-refractivity contribution is 7.67. The van der Waals surface area contributed by atoms with E-state index in [2.05, 4.69) is 422 Å². The monoisotopic (exact) mass is 1530 g/mol. The van der Waals surface area contributed by atoms with Crippen LogP contribution < -0.4 is 10.4 Å². The molecule has 554 valence electrons. The summed E-state index contributed by atoms with van der Waals surface area (Å²) in [5, 5.41) is 25.6. The van der Waals surface area contributed by atoms with Crippen molar-refractivity contribution in [3.63, 3.8) is 0 Å². The van der Waals surface area contributed by atoms with Gasteiger partial charge < -0.3 is 0 Å². The third-order valence-electron chi connectivity index (χ3n) is 27.6. The minimum Gasteiger partial charge on any atom is -0.0772 e. The van der Waals surface area contributed by atoms with Crippen LogP contribution >= 0.6 is 7.53 Å². The molecular weight excluding hydrogens is 1450 g/mol. The van der Waals surface area contributed by atoms with E-state index < -0.39 is 15.6 Å². The lowest BCUT2D eigenvalue weighted by atomic mass is 9.81. The van der Waals surface area contributed by atoms with Gasteiger partial charge in [0.05, 0.1) is 0 Å². The van der Waals surface area contributed by atoms with Crippen LogP contribution in [0.1, 0.15) is 61.1 Å². The van der Waals surface area contributed by atoms with E-state index in [1.54, 1.807) is 21.5 Å². The third-order valence-corrected chi connectivity index (χ3v) is 35.1. The Kier molecular flexibility index (Phi) is 15.3. The largest absolute Gasteiger partial charge is 0.128 e. The van der Waals surface area contributed by atoms with Crippen LogP contribution in [0.15, 0.2) is 394 Å². The molecule has 1 aromatic heterocycles. The minimum atomic E-state index is -2.01. The van der Waals surface area contributed by atoms with Crippen molar-refractivity contribution in [2.24, 2.45) is 0 Å². The second-order valence-electron chi connectivity index (χ2n) is 34.5. The van der Waals surface area contributed by atoms with Gasteiger partial charge in [0.2, 0.25) is 0 Å². The third kappa shape index (κ3) is 10.2. The second-order valence-corrected chi connectivity index (χ2v) is 40.6. The summed E-state index contributed by atoms with van der Waals surface area (Å²) < 4.78 is 0. The van der Waals surface area contributed by atoms with Gasteiger partial charge in [-0.15, -0.1) is 0 Å². The molecule has 1 unspecified atom stereocenters. The van der Waals surface area contributed by atoms with Gasteiger partial charge in [0, 0.05) is 21.1 Å². The first-order valence-corrected chi connectivity index (χ1v) is 45.6. The Hall–Kier alpha value is -13.5. The van der Waals surface area contributed by atoms with Crippen molar-refractivity contribution in [3.8, 4) is 105 Å². The molecule has 0 nitrogen and oxygen atoms in total. The van der Waals surface area contributed by atoms with Crippen molar-refractivity contribution in [2.45, 2.75) is 50.6 Å². The Balaban J connectivity index is 0.000000135. The van der Waals surface area contributed by atoms with Gasteiger partial charge in [-0.1, -0.05) is 387 Å². The van der Waals surface area contributed by atoms with Crippen molar-refractivity contribution < 1.29 is 0 Å². The van der Waals surface area contributed by atoms with Crippen LogP contribution in [0.25, 0.3) is 191 Å². The SMILES string of the molecule is CC1(C)c2ccccc2-c2cc(-c3c4ccccc4c(-c4ccc5c(c4)-c4ccccc4[Si]54Cc5ccccc5C4)c4ccc(-c5cccc6ccccc56)cc34)ccc21.CC1(C)c2ccccc2-c2cc(-c3c4ccccc4c(-c4ccc5c(c4)c4ccccc4p5-c4ccccc4)c4ccc(-c5cccc6ccccc56)cc34)ccc21. The molecule has 0 fully saturated rings. The number of hydrogen-bond acceptors (Lipinski definition) is 0. The van der Waals surface area contributed by atoms with Gasteiger partial charge in [-0.3, -0.25) is 0 Å². The summed E-state index contributed by atoms with van der Waals surface area (Å²) in [4.78, 5) is 0. The zero-order valence-corrected chi connectivity index (χ0v) is 68.3. The molecule has 3 heterocycles. The van der Waals surface area contributed by atoms with E-state index in [4.69, 9.17) is 0 Å². The van der Waals surface area contributed by atoms with Gasteiger partial charge in [-0.25, -0.2) is 0 Å². The minimum absolute atomic E-state index is 0.0467. The molecule has 118 heavy (non-hydrogen) atoms. The summed E-state index contributed by atoms with van der Waals surface area (Å²) in [6.45, 7) is 9.48. The molecule has 0 radical (unpaired) electrons. The molecule has 25 rings (SSSR count). The summed E-state index contributed by atoms with van der Waals surface area (Å²) in [5.74, 6) is 0. The molecular formula is C116H81PSi. The quantitative estimate of drug-likeness (QED) is 0.110. The molecule has 4 aliphatic rings. The fourth-order valence-corrected chi connectivity index (χ4v) is 30.3. The Labute approximate surface area is 690 Å². The summed E-state index contributed by atoms with van der Waals surface area (Å²) >= 11 is 0. The highest BCUT2D eigenvalue weighted by Gasteiger charge is 2.49. The predicted octanol–water partition coefficient (Wildman–Crippen LogP) is 30.6. The van der Waals surface area contributed by atoms with Crippen LogP contribution in [0.3, 0.4) is 0 Å². The van der Waals surface area contributed by atoms with Gasteiger partial charge in [-0.2, -0.15) is 0 Å². The predicted molar refractivity (Wildman–Crippen MR) is 509 cm³/mol. The topological polar surface area (TPSA) is 0 Å². The first-order valence-electron chi connectivity index (χ1n) is 41.9. The summed E-state index contributed by atoms with van der Waals surface area (Å²) in [6.07, 6.45) is 0. The number of fused-ring (bicyclic) bond motifs is 21. The molecule has 1 spiro atoms. The summed E-state index contributed by atoms with van der Waals surface area (Å²) in [7, 11) is -2.64. The highest BCUT2D eigenvalue weighted by Crippen LogP contribution is 2.59. The van der Waals surface area contributed by atoms with Crippen molar-refractivity contribution in [1.29, 1.82) is 0 Å². The summed E-state index contributed by atoms with van der Waals surface area (Å²) in [6, 6.07) is 152. The lowest BCUT2D eigenvalue weighted by Crippen LogP contribution is -2.57. The van der Waals surface area contributed by atoms with Crippen LogP contribution in [-0.4, -0.2) is 8.07 Å². The standard InChI is InChI=1S/C59H42Si.C57H39P/c1-59(2)53-24-11-9-19-45(53)50-33-39(27-30-54(50)59)58-48-22-8-7-21-47(48)57(49-29-26-38(32-52(49)58)44-23-13-17-37-14-5-6-18-43(37)44)40-28-31-56-51(34-40)46-20-10-12-25-55(46)60(56)35-41-15-3-4-16-42(41)36-60;1-57(2)51-25-12-10-20-43(51)48-34-38(28-31-52(48)57)56-46-23-9-8-22-45(46)55(47-30-27-37(33-50(47)56)42-24-14-16-36-15-6-7-19-41(36)42)39-29-32-54-49(35-39)44-21-11-13-26-53(44)58(54)40-17-4-3-5-18-40/h3-34H,35-36H2,1-2H3;3-35H,1-2H3. The maximum absolute atomic E-state index is 2.56. The average Bonchev–Trinajstić information content (AvgIpc) is 1.39. The number of benzene rings is 20. The van der Waals surface area contributed by atoms with Gasteiger partial charge in [-0.05, 0) is 279 Å². The van der Waals surface area contributed by atoms with Crippen LogP contribution in [0.2, 0.25) is 0 Å². The first kappa shape index (κ1) is 68.8. The Morgan fingerprint density at radius 3 is 1.10 bits per heavy atom. The van der Waals surface area contributed by atoms with Crippen LogP contribution in [-0.2, 0) is 22.9 Å². The molecule has 0 N–H and O–H groups in total. The van der Waals surface area contributed by atoms with Crippen LogP contribution in [0.5, 0.6) is 0 Å². The second kappa shape index (κ2) is 26.2. The fraction of sp³-hybridized carbons (Fsp3) is 0.0690. The molecule has 0 saturated carbocycles. The highest BCUT2D eigenvalue weighted by atomic mass is 31.1. The average molecular weight is 1530 g/mol. The van der Waals surface area contributed by atoms with Crippen molar-refractivity contribution in [1.82, 2.24) is 0 Å². The normalized spacial score (nSPS) is 14.2. The van der Waals surface area contributed by atoms with Crippen molar-refractivity contribution in [2.75, 3.05) is 0 Å². The lowest BCUT2D eigenvalue weighted by Gasteiger charge is -2.24. The van der Waals surface area contributed by atoms with E-state index in [1.807, 2.05) is 0 Å². The maximum atomic E-state index is 2.56. The van der Waals surface area contributed by atoms with E-state index in [-0.39, 0.29) is 10.8 Å². The Morgan fingerprint density at radius 1 is 0.212 bits per heavy atom. The zero-order valence-electron chi connectivity index (χ0n) is 66.4. The Morgan fingerprint density at radius 2 is 0.559 bits per heavy atom. The van der Waals surface area contributed by atoms with Gasteiger partial charge in [0.25, 0.3) is 0 Å². The van der Waals surface area contributed by atoms with Gasteiger partial charge in [0.1, 0.15) is 8.07 Å². The molecule has 1 atom stereocenters. The maximum Gasteiger partial charge on any atom is 0.128 e. The molecule has 2 heteroatoms. The van der Waals surface area contributed by atoms with Gasteiger partial charge in [0.15, 0.2) is 0 Å².